The molecule has 1 unspecified atom stereocenters. The summed E-state index contributed by atoms with van der Waals surface area (Å²) in [7, 11) is 0. The lowest BCUT2D eigenvalue weighted by Gasteiger charge is -2.30. The lowest BCUT2D eigenvalue weighted by atomic mass is 9.78. The first kappa shape index (κ1) is 13.1. The first-order valence-corrected chi connectivity index (χ1v) is 7.58. The maximum atomic E-state index is 10.5. The van der Waals surface area contributed by atoms with E-state index in [0.29, 0.717) is 12.3 Å². The molecule has 5 heteroatoms. The van der Waals surface area contributed by atoms with Crippen LogP contribution in [-0.2, 0) is 17.6 Å². The van der Waals surface area contributed by atoms with Crippen molar-refractivity contribution < 1.29 is 9.90 Å². The minimum Gasteiger partial charge on any atom is -0.481 e. The minimum atomic E-state index is -0.779. The molecule has 1 aliphatic carbocycles. The summed E-state index contributed by atoms with van der Waals surface area (Å²) >= 11 is 1.54. The van der Waals surface area contributed by atoms with Crippen molar-refractivity contribution >= 4 is 22.4 Å². The number of aryl methyl sites for hydroxylation is 1. The first-order chi connectivity index (χ1) is 9.72. The summed E-state index contributed by atoms with van der Waals surface area (Å²) < 4.78 is 0. The summed E-state index contributed by atoms with van der Waals surface area (Å²) in [6.45, 7) is 0.892. The van der Waals surface area contributed by atoms with Gasteiger partial charge in [0.2, 0.25) is 0 Å². The quantitative estimate of drug-likeness (QED) is 0.858. The van der Waals surface area contributed by atoms with Gasteiger partial charge in [-0.25, -0.2) is 4.98 Å². The normalized spacial score (nSPS) is 16.3. The van der Waals surface area contributed by atoms with Crippen LogP contribution < -0.4 is 5.32 Å². The molecule has 1 aliphatic rings. The second-order valence-corrected chi connectivity index (χ2v) is 5.88. The van der Waals surface area contributed by atoms with Gasteiger partial charge in [0.05, 0.1) is 12.1 Å². The Hall–Kier alpha value is -1.88. The van der Waals surface area contributed by atoms with Gasteiger partial charge in [-0.2, -0.15) is 0 Å². The van der Waals surface area contributed by atoms with E-state index in [1.807, 2.05) is 5.38 Å². The number of hydrogen-bond acceptors (Lipinski definition) is 4. The molecular weight excluding hydrogens is 272 g/mol. The number of fused-ring (bicyclic) bond motifs is 1. The first-order valence-electron chi connectivity index (χ1n) is 6.70. The van der Waals surface area contributed by atoms with Crippen molar-refractivity contribution in [2.45, 2.75) is 25.2 Å². The van der Waals surface area contributed by atoms with Gasteiger partial charge >= 0.3 is 5.97 Å². The SMILES string of the molecule is O=C(O)CCc1csc(NCC2Cc3ccccc32)n1. The Balaban J connectivity index is 1.51. The van der Waals surface area contributed by atoms with E-state index in [1.165, 1.54) is 11.1 Å². The Morgan fingerprint density at radius 3 is 3.10 bits per heavy atom. The van der Waals surface area contributed by atoms with Gasteiger partial charge in [0, 0.05) is 24.3 Å². The van der Waals surface area contributed by atoms with Gasteiger partial charge in [-0.1, -0.05) is 24.3 Å². The molecule has 0 radical (unpaired) electrons. The van der Waals surface area contributed by atoms with Gasteiger partial charge in [0.25, 0.3) is 0 Å². The Kier molecular flexibility index (Phi) is 3.69. The summed E-state index contributed by atoms with van der Waals surface area (Å²) in [6.07, 6.45) is 1.76. The van der Waals surface area contributed by atoms with Crippen LogP contribution in [0, 0.1) is 0 Å². The fraction of sp³-hybridized carbons (Fsp3) is 0.333. The number of benzene rings is 1. The monoisotopic (exact) mass is 288 g/mol. The molecule has 1 aromatic heterocycles. The van der Waals surface area contributed by atoms with Gasteiger partial charge in [-0.05, 0) is 17.5 Å². The van der Waals surface area contributed by atoms with Crippen molar-refractivity contribution in [3.63, 3.8) is 0 Å². The molecule has 0 saturated carbocycles. The zero-order chi connectivity index (χ0) is 13.9. The number of anilines is 1. The number of nitrogens with zero attached hydrogens (tertiary/aromatic N) is 1. The maximum absolute atomic E-state index is 10.5. The molecule has 2 N–H and O–H groups in total. The van der Waals surface area contributed by atoms with Crippen molar-refractivity contribution in [2.24, 2.45) is 0 Å². The van der Waals surface area contributed by atoms with Crippen LogP contribution in [-0.4, -0.2) is 22.6 Å². The number of thiazole rings is 1. The largest absolute Gasteiger partial charge is 0.481 e. The average Bonchev–Trinajstić information content (AvgIpc) is 2.85. The number of aromatic nitrogens is 1. The summed E-state index contributed by atoms with van der Waals surface area (Å²) in [6, 6.07) is 8.53. The molecule has 0 aliphatic heterocycles. The van der Waals surface area contributed by atoms with Crippen LogP contribution in [0.4, 0.5) is 5.13 Å². The van der Waals surface area contributed by atoms with Gasteiger partial charge < -0.3 is 10.4 Å². The van der Waals surface area contributed by atoms with Crippen LogP contribution in [0.2, 0.25) is 0 Å². The summed E-state index contributed by atoms with van der Waals surface area (Å²) in [4.78, 5) is 14.9. The molecule has 2 aromatic rings. The molecule has 20 heavy (non-hydrogen) atoms. The topological polar surface area (TPSA) is 62.2 Å². The van der Waals surface area contributed by atoms with Crippen LogP contribution in [0.5, 0.6) is 0 Å². The lowest BCUT2D eigenvalue weighted by Crippen LogP contribution is -2.24. The Bertz CT molecular complexity index is 624. The highest BCUT2D eigenvalue weighted by atomic mass is 32.1. The summed E-state index contributed by atoms with van der Waals surface area (Å²) in [5.41, 5.74) is 3.73. The van der Waals surface area contributed by atoms with Crippen LogP contribution in [0.25, 0.3) is 0 Å². The van der Waals surface area contributed by atoms with Gasteiger partial charge in [-0.3, -0.25) is 4.79 Å². The molecule has 0 amide bonds. The highest BCUT2D eigenvalue weighted by molar-refractivity contribution is 7.13. The number of carboxylic acids is 1. The maximum Gasteiger partial charge on any atom is 0.303 e. The van der Waals surface area contributed by atoms with Crippen LogP contribution in [0.1, 0.15) is 29.2 Å². The van der Waals surface area contributed by atoms with E-state index in [-0.39, 0.29) is 6.42 Å². The zero-order valence-corrected chi connectivity index (χ0v) is 11.8. The number of carboxylic acid groups (broad SMARTS) is 1. The molecule has 0 bridgehead atoms. The van der Waals surface area contributed by atoms with E-state index in [9.17, 15) is 4.79 Å². The molecule has 0 spiro atoms. The van der Waals surface area contributed by atoms with Crippen molar-refractivity contribution in [3.05, 3.63) is 46.5 Å². The smallest absolute Gasteiger partial charge is 0.303 e. The predicted octanol–water partition coefficient (Wildman–Crippen LogP) is 2.91. The Morgan fingerprint density at radius 1 is 1.45 bits per heavy atom. The van der Waals surface area contributed by atoms with Gasteiger partial charge in [-0.15, -0.1) is 11.3 Å². The number of carbonyl (C=O) groups is 1. The molecular formula is C15H16N2O2S. The van der Waals surface area contributed by atoms with E-state index >= 15 is 0 Å². The second-order valence-electron chi connectivity index (χ2n) is 5.02. The Labute approximate surface area is 121 Å². The molecule has 1 heterocycles. The van der Waals surface area contributed by atoms with Crippen molar-refractivity contribution in [1.29, 1.82) is 0 Å². The fourth-order valence-electron chi connectivity index (χ4n) is 2.49. The third kappa shape index (κ3) is 2.82. The second kappa shape index (κ2) is 5.63. The van der Waals surface area contributed by atoms with E-state index in [1.54, 1.807) is 11.3 Å². The number of aliphatic carboxylic acids is 1. The minimum absolute atomic E-state index is 0.138. The molecule has 4 nitrogen and oxygen atoms in total. The molecule has 1 atom stereocenters. The highest BCUT2D eigenvalue weighted by Crippen LogP contribution is 2.34. The molecule has 1 aromatic carbocycles. The molecule has 0 fully saturated rings. The molecule has 3 rings (SSSR count). The molecule has 0 saturated heterocycles. The predicted molar refractivity (Wildman–Crippen MR) is 79.4 cm³/mol. The highest BCUT2D eigenvalue weighted by Gasteiger charge is 2.25. The van der Waals surface area contributed by atoms with E-state index in [4.69, 9.17) is 5.11 Å². The van der Waals surface area contributed by atoms with E-state index < -0.39 is 5.97 Å². The Morgan fingerprint density at radius 2 is 2.30 bits per heavy atom. The van der Waals surface area contributed by atoms with E-state index in [2.05, 4.69) is 34.6 Å². The van der Waals surface area contributed by atoms with Gasteiger partial charge in [0.1, 0.15) is 0 Å². The van der Waals surface area contributed by atoms with Crippen LogP contribution >= 0.6 is 11.3 Å². The average molecular weight is 288 g/mol. The van der Waals surface area contributed by atoms with Crippen molar-refractivity contribution in [3.8, 4) is 0 Å². The fourth-order valence-corrected chi connectivity index (χ4v) is 3.25. The van der Waals surface area contributed by atoms with Crippen molar-refractivity contribution in [1.82, 2.24) is 4.98 Å². The third-order valence-electron chi connectivity index (χ3n) is 3.61. The van der Waals surface area contributed by atoms with Gasteiger partial charge in [0.15, 0.2) is 5.13 Å². The zero-order valence-electron chi connectivity index (χ0n) is 11.0. The third-order valence-corrected chi connectivity index (χ3v) is 4.46. The standard InChI is InChI=1S/C15H16N2O2S/c18-14(19)6-5-12-9-20-15(17-12)16-8-11-7-10-3-1-2-4-13(10)11/h1-4,9,11H,5-8H2,(H,16,17)(H,18,19). The van der Waals surface area contributed by atoms with E-state index in [0.717, 1.165) is 23.8 Å². The number of nitrogens with one attached hydrogen (secondary N) is 1. The molecule has 104 valence electrons. The van der Waals surface area contributed by atoms with Crippen LogP contribution in [0.15, 0.2) is 29.6 Å². The lowest BCUT2D eigenvalue weighted by molar-refractivity contribution is -0.136. The van der Waals surface area contributed by atoms with Crippen molar-refractivity contribution in [2.75, 3.05) is 11.9 Å². The number of hydrogen-bond donors (Lipinski definition) is 2. The number of rotatable bonds is 6. The summed E-state index contributed by atoms with van der Waals surface area (Å²) in [5.74, 6) is -0.212. The van der Waals surface area contributed by atoms with Crippen LogP contribution in [0.3, 0.4) is 0 Å². The summed E-state index contributed by atoms with van der Waals surface area (Å²) in [5, 5.41) is 14.8.